The maximum atomic E-state index is 6.20. The highest BCUT2D eigenvalue weighted by atomic mass is 16.5. The zero-order valence-corrected chi connectivity index (χ0v) is 13.5. The predicted octanol–water partition coefficient (Wildman–Crippen LogP) is 1.49. The third-order valence-electron chi connectivity index (χ3n) is 4.34. The van der Waals surface area contributed by atoms with Crippen LogP contribution in [0, 0.1) is 0 Å². The van der Waals surface area contributed by atoms with Crippen molar-refractivity contribution < 1.29 is 4.74 Å². The molecule has 2 unspecified atom stereocenters. The van der Waals surface area contributed by atoms with Gasteiger partial charge in [0.25, 0.3) is 0 Å². The van der Waals surface area contributed by atoms with Crippen LogP contribution >= 0.6 is 0 Å². The van der Waals surface area contributed by atoms with E-state index in [2.05, 4.69) is 11.9 Å². The van der Waals surface area contributed by atoms with Crippen LogP contribution in [-0.4, -0.2) is 43.6 Å². The van der Waals surface area contributed by atoms with E-state index in [1.165, 1.54) is 0 Å². The van der Waals surface area contributed by atoms with Gasteiger partial charge in [0.2, 0.25) is 0 Å². The summed E-state index contributed by atoms with van der Waals surface area (Å²) in [6, 6.07) is 0.148. The molecule has 5 N–H and O–H groups in total. The zero-order valence-electron chi connectivity index (χ0n) is 13.5. The average molecular weight is 306 g/mol. The van der Waals surface area contributed by atoms with Crippen LogP contribution in [0.5, 0.6) is 0 Å². The van der Waals surface area contributed by atoms with Crippen LogP contribution in [0.1, 0.15) is 38.5 Å². The minimum Gasteiger partial charge on any atom is -0.402 e. The topological polar surface area (TPSA) is 85.7 Å². The Labute approximate surface area is 133 Å². The van der Waals surface area contributed by atoms with Crippen molar-refractivity contribution in [2.75, 3.05) is 19.7 Å². The number of allylic oxidation sites excluding steroid dienone is 3. The van der Waals surface area contributed by atoms with E-state index in [4.69, 9.17) is 21.2 Å². The van der Waals surface area contributed by atoms with Gasteiger partial charge >= 0.3 is 0 Å². The van der Waals surface area contributed by atoms with E-state index in [0.29, 0.717) is 12.7 Å². The molecule has 124 valence electrons. The number of rotatable bonds is 7. The molecule has 0 aromatic rings. The van der Waals surface area contributed by atoms with E-state index >= 15 is 0 Å². The summed E-state index contributed by atoms with van der Waals surface area (Å²) < 4.78 is 6.02. The van der Waals surface area contributed by atoms with Gasteiger partial charge in [0.1, 0.15) is 0 Å². The molecule has 0 aliphatic carbocycles. The number of hydrogen-bond donors (Lipinski definition) is 3. The second-order valence-electron chi connectivity index (χ2n) is 6.22. The molecule has 1 saturated heterocycles. The molecule has 1 fully saturated rings. The molecule has 0 aromatic heterocycles. The van der Waals surface area contributed by atoms with Crippen LogP contribution in [0.2, 0.25) is 0 Å². The van der Waals surface area contributed by atoms with Gasteiger partial charge < -0.3 is 21.5 Å². The lowest BCUT2D eigenvalue weighted by molar-refractivity contribution is 0.0215. The molecule has 2 atom stereocenters. The van der Waals surface area contributed by atoms with E-state index in [1.54, 1.807) is 0 Å². The molecule has 2 aliphatic heterocycles. The molecule has 22 heavy (non-hydrogen) atoms. The molecule has 2 aliphatic rings. The molecular weight excluding hydrogens is 276 g/mol. The summed E-state index contributed by atoms with van der Waals surface area (Å²) in [7, 11) is 0. The quantitative estimate of drug-likeness (QED) is 0.622. The lowest BCUT2D eigenvalue weighted by Crippen LogP contribution is -2.42. The van der Waals surface area contributed by atoms with E-state index in [9.17, 15) is 0 Å². The molecule has 0 aromatic carbocycles. The van der Waals surface area contributed by atoms with Gasteiger partial charge in [-0.15, -0.1) is 6.58 Å². The first-order valence-electron chi connectivity index (χ1n) is 8.40. The first kappa shape index (κ1) is 17.2. The molecule has 5 nitrogen and oxygen atoms in total. The van der Waals surface area contributed by atoms with Gasteiger partial charge in [0.05, 0.1) is 18.8 Å². The fourth-order valence-corrected chi connectivity index (χ4v) is 2.90. The SMILES string of the molecule is C=CCCC(N)=CC1=NC(COC2CCNCC2)C(N)CC1. The van der Waals surface area contributed by atoms with Crippen LogP contribution < -0.4 is 16.8 Å². The number of ether oxygens (including phenoxy) is 1. The lowest BCUT2D eigenvalue weighted by Gasteiger charge is -2.29. The van der Waals surface area contributed by atoms with Crippen LogP contribution in [0.4, 0.5) is 0 Å². The van der Waals surface area contributed by atoms with E-state index in [0.717, 1.165) is 63.0 Å². The molecule has 2 heterocycles. The summed E-state index contributed by atoms with van der Waals surface area (Å²) >= 11 is 0. The summed E-state index contributed by atoms with van der Waals surface area (Å²) in [4.78, 5) is 4.76. The van der Waals surface area contributed by atoms with Crippen molar-refractivity contribution in [3.63, 3.8) is 0 Å². The Balaban J connectivity index is 1.87. The second-order valence-corrected chi connectivity index (χ2v) is 6.22. The molecule has 0 spiro atoms. The molecule has 0 saturated carbocycles. The predicted molar refractivity (Wildman–Crippen MR) is 92.0 cm³/mol. The number of piperidine rings is 1. The molecule has 0 radical (unpaired) electrons. The Bertz CT molecular complexity index is 413. The molecule has 0 bridgehead atoms. The fourth-order valence-electron chi connectivity index (χ4n) is 2.90. The van der Waals surface area contributed by atoms with Crippen LogP contribution in [0.3, 0.4) is 0 Å². The van der Waals surface area contributed by atoms with Gasteiger partial charge in [-0.1, -0.05) is 6.08 Å². The smallest absolute Gasteiger partial charge is 0.0886 e. The molecular formula is C17H30N4O. The number of hydrogen-bond acceptors (Lipinski definition) is 5. The largest absolute Gasteiger partial charge is 0.402 e. The molecule has 2 rings (SSSR count). The summed E-state index contributed by atoms with van der Waals surface area (Å²) in [6.07, 6.45) is 9.98. The normalized spacial score (nSPS) is 27.5. The third kappa shape index (κ3) is 5.55. The standard InChI is InChI=1S/C17H30N4O/c1-2-3-4-13(18)11-14-5-6-16(19)17(21-14)12-22-15-7-9-20-10-8-15/h2,11,15-17,20H,1,3-10,12,18-19H2. The van der Waals surface area contributed by atoms with Gasteiger partial charge in [-0.3, -0.25) is 4.99 Å². The minimum atomic E-state index is 0.0575. The second kappa shape index (κ2) is 9.08. The van der Waals surface area contributed by atoms with Gasteiger partial charge in [-0.25, -0.2) is 0 Å². The Morgan fingerprint density at radius 1 is 1.36 bits per heavy atom. The average Bonchev–Trinajstić information content (AvgIpc) is 2.54. The van der Waals surface area contributed by atoms with Crippen molar-refractivity contribution >= 4 is 5.71 Å². The summed E-state index contributed by atoms with van der Waals surface area (Å²) in [5, 5.41) is 3.35. The Morgan fingerprint density at radius 3 is 2.86 bits per heavy atom. The molecule has 0 amide bonds. The first-order chi connectivity index (χ1) is 10.7. The van der Waals surface area contributed by atoms with Crippen LogP contribution in [0.25, 0.3) is 0 Å². The van der Waals surface area contributed by atoms with Crippen LogP contribution in [0.15, 0.2) is 29.4 Å². The maximum absolute atomic E-state index is 6.20. The first-order valence-corrected chi connectivity index (χ1v) is 8.40. The van der Waals surface area contributed by atoms with Crippen molar-refractivity contribution in [3.05, 3.63) is 24.4 Å². The monoisotopic (exact) mass is 306 g/mol. The number of aliphatic imine (C=N–C) groups is 1. The Kier molecular flexibility index (Phi) is 7.09. The lowest BCUT2D eigenvalue weighted by atomic mass is 9.97. The third-order valence-corrected chi connectivity index (χ3v) is 4.34. The van der Waals surface area contributed by atoms with E-state index in [-0.39, 0.29) is 12.1 Å². The number of nitrogens with one attached hydrogen (secondary N) is 1. The highest BCUT2D eigenvalue weighted by Crippen LogP contribution is 2.17. The van der Waals surface area contributed by atoms with Crippen LogP contribution in [-0.2, 0) is 4.74 Å². The van der Waals surface area contributed by atoms with Crippen molar-refractivity contribution in [2.45, 2.75) is 56.7 Å². The number of nitrogens with two attached hydrogens (primary N) is 2. The molecule has 5 heteroatoms. The summed E-state index contributed by atoms with van der Waals surface area (Å²) in [6.45, 7) is 6.42. The van der Waals surface area contributed by atoms with E-state index in [1.807, 2.05) is 12.2 Å². The van der Waals surface area contributed by atoms with Gasteiger partial charge in [0, 0.05) is 17.5 Å². The zero-order chi connectivity index (χ0) is 15.8. The van der Waals surface area contributed by atoms with Gasteiger partial charge in [-0.2, -0.15) is 0 Å². The number of nitrogens with zero attached hydrogens (tertiary/aromatic N) is 1. The maximum Gasteiger partial charge on any atom is 0.0886 e. The van der Waals surface area contributed by atoms with Crippen molar-refractivity contribution in [1.82, 2.24) is 5.32 Å². The van der Waals surface area contributed by atoms with Crippen molar-refractivity contribution in [1.29, 1.82) is 0 Å². The Morgan fingerprint density at radius 2 is 2.14 bits per heavy atom. The summed E-state index contributed by atoms with van der Waals surface area (Å²) in [5.74, 6) is 0. The summed E-state index contributed by atoms with van der Waals surface area (Å²) in [5.41, 5.74) is 14.2. The van der Waals surface area contributed by atoms with Crippen molar-refractivity contribution in [3.8, 4) is 0 Å². The Hall–Kier alpha value is -1.17. The highest BCUT2D eigenvalue weighted by molar-refractivity contribution is 5.96. The van der Waals surface area contributed by atoms with E-state index < -0.39 is 0 Å². The van der Waals surface area contributed by atoms with Gasteiger partial charge in [-0.05, 0) is 57.7 Å². The van der Waals surface area contributed by atoms with Gasteiger partial charge in [0.15, 0.2) is 0 Å². The van der Waals surface area contributed by atoms with Crippen molar-refractivity contribution in [2.24, 2.45) is 16.5 Å². The minimum absolute atomic E-state index is 0.0575. The fraction of sp³-hybridized carbons (Fsp3) is 0.706. The highest BCUT2D eigenvalue weighted by Gasteiger charge is 2.24.